The van der Waals surface area contributed by atoms with Gasteiger partial charge in [-0.2, -0.15) is 4.40 Å². The fourth-order valence-electron chi connectivity index (χ4n) is 0.717. The highest BCUT2D eigenvalue weighted by Crippen LogP contribution is 2.07. The molecule has 70 valence electrons. The van der Waals surface area contributed by atoms with Crippen LogP contribution in [0.4, 0.5) is 0 Å². The van der Waals surface area contributed by atoms with Crippen LogP contribution in [-0.2, 0) is 10.0 Å². The van der Waals surface area contributed by atoms with E-state index in [1.165, 1.54) is 18.3 Å². The molecule has 0 amide bonds. The molecule has 1 rings (SSSR count). The van der Waals surface area contributed by atoms with Crippen molar-refractivity contribution in [3.63, 3.8) is 0 Å². The van der Waals surface area contributed by atoms with Gasteiger partial charge in [0.05, 0.1) is 6.26 Å². The van der Waals surface area contributed by atoms with Gasteiger partial charge in [0.15, 0.2) is 0 Å². The van der Waals surface area contributed by atoms with E-state index in [4.69, 9.17) is 5.11 Å². The van der Waals surface area contributed by atoms with Gasteiger partial charge in [0.1, 0.15) is 5.75 Å². The van der Waals surface area contributed by atoms with Crippen molar-refractivity contribution in [2.75, 3.05) is 6.26 Å². The fourth-order valence-corrected chi connectivity index (χ4v) is 1.03. The molecule has 0 atom stereocenters. The zero-order valence-corrected chi connectivity index (χ0v) is 7.82. The Labute approximate surface area is 76.6 Å². The molecule has 0 aliphatic carbocycles. The molecular weight excluding hydrogens is 190 g/mol. The summed E-state index contributed by atoms with van der Waals surface area (Å²) in [5, 5.41) is 8.92. The maximum Gasteiger partial charge on any atom is 0.250 e. The first-order chi connectivity index (χ1) is 5.97. The number of phenols is 1. The average molecular weight is 199 g/mol. The van der Waals surface area contributed by atoms with Gasteiger partial charge in [0, 0.05) is 6.21 Å². The molecule has 0 unspecified atom stereocenters. The van der Waals surface area contributed by atoms with Crippen LogP contribution in [0.5, 0.6) is 5.75 Å². The lowest BCUT2D eigenvalue weighted by Gasteiger charge is -1.92. The summed E-state index contributed by atoms with van der Waals surface area (Å²) < 4.78 is 24.6. The third-order valence-electron chi connectivity index (χ3n) is 1.29. The van der Waals surface area contributed by atoms with Gasteiger partial charge in [0.25, 0.3) is 0 Å². The molecule has 1 aromatic carbocycles. The second-order valence-corrected chi connectivity index (χ2v) is 4.24. The van der Waals surface area contributed by atoms with E-state index in [1.807, 2.05) is 0 Å². The second-order valence-electron chi connectivity index (χ2n) is 2.56. The number of sulfonamides is 1. The first-order valence-electron chi connectivity index (χ1n) is 3.52. The highest BCUT2D eigenvalue weighted by atomic mass is 32.2. The summed E-state index contributed by atoms with van der Waals surface area (Å²) in [4.78, 5) is 0. The minimum atomic E-state index is -3.33. The van der Waals surface area contributed by atoms with E-state index in [0.717, 1.165) is 6.26 Å². The Bertz CT molecular complexity index is 406. The Morgan fingerprint density at radius 3 is 2.31 bits per heavy atom. The van der Waals surface area contributed by atoms with Crippen molar-refractivity contribution in [1.82, 2.24) is 0 Å². The lowest BCUT2D eigenvalue weighted by molar-refractivity contribution is 0.475. The number of hydrogen-bond donors (Lipinski definition) is 1. The highest BCUT2D eigenvalue weighted by molar-refractivity contribution is 7.89. The first kappa shape index (κ1) is 9.73. The maximum atomic E-state index is 10.6. The Balaban J connectivity index is 2.88. The second kappa shape index (κ2) is 3.57. The number of phenolic OH excluding ortho intramolecular Hbond substituents is 1. The van der Waals surface area contributed by atoms with E-state index < -0.39 is 10.0 Å². The summed E-state index contributed by atoms with van der Waals surface area (Å²) in [7, 11) is -3.33. The largest absolute Gasteiger partial charge is 0.508 e. The Kier molecular flexibility index (Phi) is 2.67. The molecular formula is C8H9NO3S. The van der Waals surface area contributed by atoms with Crippen molar-refractivity contribution in [3.05, 3.63) is 29.8 Å². The van der Waals surface area contributed by atoms with Crippen molar-refractivity contribution < 1.29 is 13.5 Å². The third kappa shape index (κ3) is 3.71. The summed E-state index contributed by atoms with van der Waals surface area (Å²) in [6, 6.07) is 6.07. The SMILES string of the molecule is CS(=O)(=O)/N=C/c1ccc(O)cc1. The van der Waals surface area contributed by atoms with E-state index in [9.17, 15) is 8.42 Å². The standard InChI is InChI=1S/C8H9NO3S/c1-13(11,12)9-6-7-2-4-8(10)5-3-7/h2-6,10H,1H3/b9-6+. The molecule has 5 heteroatoms. The highest BCUT2D eigenvalue weighted by Gasteiger charge is 1.94. The van der Waals surface area contributed by atoms with E-state index in [1.54, 1.807) is 12.1 Å². The van der Waals surface area contributed by atoms with Crippen molar-refractivity contribution in [2.24, 2.45) is 4.40 Å². The Hall–Kier alpha value is -1.36. The van der Waals surface area contributed by atoms with Crippen molar-refractivity contribution in [2.45, 2.75) is 0 Å². The molecule has 0 aliphatic rings. The van der Waals surface area contributed by atoms with Crippen LogP contribution in [0.1, 0.15) is 5.56 Å². The fraction of sp³-hybridized carbons (Fsp3) is 0.125. The summed E-state index contributed by atoms with van der Waals surface area (Å²) in [5.74, 6) is 0.136. The number of benzene rings is 1. The zero-order valence-electron chi connectivity index (χ0n) is 7.01. The summed E-state index contributed by atoms with van der Waals surface area (Å²) in [6.45, 7) is 0. The molecule has 4 nitrogen and oxygen atoms in total. The monoisotopic (exact) mass is 199 g/mol. The van der Waals surface area contributed by atoms with E-state index in [2.05, 4.69) is 4.40 Å². The smallest absolute Gasteiger partial charge is 0.250 e. The molecule has 0 aliphatic heterocycles. The van der Waals surface area contributed by atoms with E-state index in [-0.39, 0.29) is 5.75 Å². The Morgan fingerprint density at radius 2 is 1.85 bits per heavy atom. The molecule has 0 spiro atoms. The molecule has 1 aromatic rings. The van der Waals surface area contributed by atoms with Crippen LogP contribution < -0.4 is 0 Å². The Morgan fingerprint density at radius 1 is 1.31 bits per heavy atom. The average Bonchev–Trinajstić information content (AvgIpc) is 2.02. The van der Waals surface area contributed by atoms with Crippen LogP contribution in [0.3, 0.4) is 0 Å². The zero-order chi connectivity index (χ0) is 9.90. The molecule has 0 saturated heterocycles. The molecule has 0 saturated carbocycles. The van der Waals surface area contributed by atoms with Gasteiger partial charge in [-0.25, -0.2) is 8.42 Å². The lowest BCUT2D eigenvalue weighted by atomic mass is 10.2. The van der Waals surface area contributed by atoms with E-state index in [0.29, 0.717) is 5.56 Å². The summed E-state index contributed by atoms with van der Waals surface area (Å²) in [6.07, 6.45) is 2.25. The topological polar surface area (TPSA) is 66.7 Å². The molecule has 0 radical (unpaired) electrons. The molecule has 0 aromatic heterocycles. The number of hydrogen-bond acceptors (Lipinski definition) is 3. The van der Waals surface area contributed by atoms with Gasteiger partial charge in [-0.1, -0.05) is 0 Å². The lowest BCUT2D eigenvalue weighted by Crippen LogP contribution is -1.91. The third-order valence-corrected chi connectivity index (χ3v) is 1.77. The molecule has 0 heterocycles. The van der Waals surface area contributed by atoms with Gasteiger partial charge in [-0.05, 0) is 29.8 Å². The van der Waals surface area contributed by atoms with Crippen LogP contribution >= 0.6 is 0 Å². The number of aromatic hydroxyl groups is 1. The molecule has 0 fully saturated rings. The molecule has 1 N–H and O–H groups in total. The van der Waals surface area contributed by atoms with Crippen LogP contribution in [0.25, 0.3) is 0 Å². The van der Waals surface area contributed by atoms with Crippen molar-refractivity contribution >= 4 is 16.2 Å². The minimum Gasteiger partial charge on any atom is -0.508 e. The number of rotatable bonds is 2. The number of nitrogens with zero attached hydrogens (tertiary/aromatic N) is 1. The van der Waals surface area contributed by atoms with Crippen LogP contribution in [-0.4, -0.2) is 26.0 Å². The van der Waals surface area contributed by atoms with Crippen molar-refractivity contribution in [1.29, 1.82) is 0 Å². The van der Waals surface area contributed by atoms with Gasteiger partial charge >= 0.3 is 0 Å². The first-order valence-corrected chi connectivity index (χ1v) is 5.36. The predicted octanol–water partition coefficient (Wildman–Crippen LogP) is 0.771. The van der Waals surface area contributed by atoms with Gasteiger partial charge in [-0.15, -0.1) is 0 Å². The molecule has 13 heavy (non-hydrogen) atoms. The van der Waals surface area contributed by atoms with Crippen LogP contribution in [0.15, 0.2) is 28.7 Å². The summed E-state index contributed by atoms with van der Waals surface area (Å²) >= 11 is 0. The van der Waals surface area contributed by atoms with E-state index >= 15 is 0 Å². The normalized spacial score (nSPS) is 12.1. The quantitative estimate of drug-likeness (QED) is 0.715. The minimum absolute atomic E-state index is 0.136. The van der Waals surface area contributed by atoms with Gasteiger partial charge < -0.3 is 5.11 Å². The van der Waals surface area contributed by atoms with Gasteiger partial charge in [0.2, 0.25) is 10.0 Å². The van der Waals surface area contributed by atoms with Gasteiger partial charge in [-0.3, -0.25) is 0 Å². The molecule has 0 bridgehead atoms. The maximum absolute atomic E-state index is 10.6. The van der Waals surface area contributed by atoms with Crippen LogP contribution in [0, 0.1) is 0 Å². The van der Waals surface area contributed by atoms with Crippen molar-refractivity contribution in [3.8, 4) is 5.75 Å². The van der Waals surface area contributed by atoms with Crippen LogP contribution in [0.2, 0.25) is 0 Å². The predicted molar refractivity (Wildman–Crippen MR) is 50.5 cm³/mol. The summed E-state index contributed by atoms with van der Waals surface area (Å²) in [5.41, 5.74) is 0.628.